The molecule has 2 aromatic rings. The van der Waals surface area contributed by atoms with E-state index in [0.29, 0.717) is 5.56 Å². The summed E-state index contributed by atoms with van der Waals surface area (Å²) in [6, 6.07) is 7.30. The summed E-state index contributed by atoms with van der Waals surface area (Å²) in [5.41, 5.74) is -1.93. The van der Waals surface area contributed by atoms with Crippen molar-refractivity contribution in [1.29, 1.82) is 0 Å². The van der Waals surface area contributed by atoms with Gasteiger partial charge in [-0.15, -0.1) is 0 Å². The lowest BCUT2D eigenvalue weighted by atomic mass is 9.87. The molecule has 0 aliphatic carbocycles. The summed E-state index contributed by atoms with van der Waals surface area (Å²) in [5.74, 6) is -2.27. The quantitative estimate of drug-likeness (QED) is 0.879. The molecule has 0 spiro atoms. The van der Waals surface area contributed by atoms with E-state index in [1.54, 1.807) is 6.92 Å². The average Bonchev–Trinajstić information content (AvgIpc) is 2.32. The van der Waals surface area contributed by atoms with E-state index in [1.165, 1.54) is 25.1 Å². The van der Waals surface area contributed by atoms with E-state index in [2.05, 4.69) is 0 Å². The van der Waals surface area contributed by atoms with Crippen LogP contribution < -0.4 is 0 Å². The first-order valence-corrected chi connectivity index (χ1v) is 5.77. The number of hydrogen-bond donors (Lipinski definition) is 1. The Labute approximate surface area is 109 Å². The highest BCUT2D eigenvalue weighted by molar-refractivity contribution is 5.38. The highest BCUT2D eigenvalue weighted by Gasteiger charge is 2.32. The summed E-state index contributed by atoms with van der Waals surface area (Å²) < 4.78 is 41.0. The zero-order valence-electron chi connectivity index (χ0n) is 10.5. The molecule has 1 unspecified atom stereocenters. The number of aliphatic hydroxyl groups is 1. The van der Waals surface area contributed by atoms with E-state index in [4.69, 9.17) is 0 Å². The van der Waals surface area contributed by atoms with Gasteiger partial charge in [0.2, 0.25) is 0 Å². The van der Waals surface area contributed by atoms with Gasteiger partial charge >= 0.3 is 0 Å². The Morgan fingerprint density at radius 3 is 2.05 bits per heavy atom. The standard InChI is InChI=1S/C15H13F3O/c1-9-6-7-10(8-13(9)18)15(2,19)14-11(16)4-3-5-12(14)17/h3-8,19H,1-2H3. The Morgan fingerprint density at radius 1 is 0.947 bits per heavy atom. The third-order valence-corrected chi connectivity index (χ3v) is 3.18. The van der Waals surface area contributed by atoms with Crippen molar-refractivity contribution in [3.05, 3.63) is 70.5 Å². The fourth-order valence-electron chi connectivity index (χ4n) is 2.00. The third-order valence-electron chi connectivity index (χ3n) is 3.18. The zero-order chi connectivity index (χ0) is 14.2. The first kappa shape index (κ1) is 13.6. The topological polar surface area (TPSA) is 20.2 Å². The molecule has 100 valence electrons. The first-order chi connectivity index (χ1) is 8.84. The SMILES string of the molecule is Cc1ccc(C(C)(O)c2c(F)cccc2F)cc1F. The lowest BCUT2D eigenvalue weighted by Crippen LogP contribution is -2.26. The van der Waals surface area contributed by atoms with Gasteiger partial charge in [0.1, 0.15) is 23.1 Å². The van der Waals surface area contributed by atoms with Crippen molar-refractivity contribution in [2.75, 3.05) is 0 Å². The summed E-state index contributed by atoms with van der Waals surface area (Å²) in [7, 11) is 0. The van der Waals surface area contributed by atoms with E-state index >= 15 is 0 Å². The molecule has 0 heterocycles. The van der Waals surface area contributed by atoms with Crippen LogP contribution in [0.5, 0.6) is 0 Å². The smallest absolute Gasteiger partial charge is 0.132 e. The normalized spacial score (nSPS) is 14.2. The van der Waals surface area contributed by atoms with Crippen molar-refractivity contribution < 1.29 is 18.3 Å². The lowest BCUT2D eigenvalue weighted by molar-refractivity contribution is 0.0930. The van der Waals surface area contributed by atoms with Crippen LogP contribution in [0.15, 0.2) is 36.4 Å². The summed E-state index contributed by atoms with van der Waals surface area (Å²) in [6.45, 7) is 2.80. The third kappa shape index (κ3) is 2.36. The summed E-state index contributed by atoms with van der Waals surface area (Å²) in [6.07, 6.45) is 0. The second kappa shape index (κ2) is 4.70. The molecule has 0 aromatic heterocycles. The van der Waals surface area contributed by atoms with E-state index in [1.807, 2.05) is 0 Å². The predicted molar refractivity (Wildman–Crippen MR) is 66.2 cm³/mol. The van der Waals surface area contributed by atoms with Gasteiger partial charge in [-0.25, -0.2) is 13.2 Å². The van der Waals surface area contributed by atoms with Crippen LogP contribution in [0, 0.1) is 24.4 Å². The van der Waals surface area contributed by atoms with Gasteiger partial charge in [0.05, 0.1) is 5.56 Å². The Hall–Kier alpha value is -1.81. The van der Waals surface area contributed by atoms with Gasteiger partial charge in [0, 0.05) is 0 Å². The van der Waals surface area contributed by atoms with Crippen LogP contribution in [0.1, 0.15) is 23.6 Å². The van der Waals surface area contributed by atoms with Crippen molar-refractivity contribution in [3.63, 3.8) is 0 Å². The van der Waals surface area contributed by atoms with E-state index in [0.717, 1.165) is 18.2 Å². The minimum Gasteiger partial charge on any atom is -0.380 e. The molecule has 0 radical (unpaired) electrons. The van der Waals surface area contributed by atoms with Gasteiger partial charge in [-0.3, -0.25) is 0 Å². The second-order valence-corrected chi connectivity index (χ2v) is 4.63. The Balaban J connectivity index is 2.61. The highest BCUT2D eigenvalue weighted by Crippen LogP contribution is 2.33. The molecule has 0 aliphatic heterocycles. The fraction of sp³-hybridized carbons (Fsp3) is 0.200. The molecular weight excluding hydrogens is 253 g/mol. The predicted octanol–water partition coefficient (Wildman–Crippen LogP) is 3.67. The number of hydrogen-bond acceptors (Lipinski definition) is 1. The van der Waals surface area contributed by atoms with Crippen LogP contribution in [-0.2, 0) is 5.60 Å². The molecule has 2 rings (SSSR count). The molecule has 0 saturated carbocycles. The Kier molecular flexibility index (Phi) is 3.37. The van der Waals surface area contributed by atoms with Gasteiger partial charge in [0.15, 0.2) is 0 Å². The summed E-state index contributed by atoms with van der Waals surface area (Å²) in [5, 5.41) is 10.4. The maximum absolute atomic E-state index is 13.7. The first-order valence-electron chi connectivity index (χ1n) is 5.77. The number of rotatable bonds is 2. The molecule has 19 heavy (non-hydrogen) atoms. The summed E-state index contributed by atoms with van der Waals surface area (Å²) >= 11 is 0. The van der Waals surface area contributed by atoms with Gasteiger partial charge in [-0.05, 0) is 43.2 Å². The zero-order valence-corrected chi connectivity index (χ0v) is 10.5. The van der Waals surface area contributed by atoms with Gasteiger partial charge in [-0.2, -0.15) is 0 Å². The molecule has 1 N–H and O–H groups in total. The fourth-order valence-corrected chi connectivity index (χ4v) is 2.00. The van der Waals surface area contributed by atoms with E-state index < -0.39 is 28.6 Å². The van der Waals surface area contributed by atoms with Crippen molar-refractivity contribution in [1.82, 2.24) is 0 Å². The molecule has 0 amide bonds. The number of halogens is 3. The molecule has 4 heteroatoms. The van der Waals surface area contributed by atoms with Crippen LogP contribution in [0.25, 0.3) is 0 Å². The van der Waals surface area contributed by atoms with Crippen LogP contribution >= 0.6 is 0 Å². The molecule has 0 fully saturated rings. The minimum absolute atomic E-state index is 0.0969. The van der Waals surface area contributed by atoms with Gasteiger partial charge in [-0.1, -0.05) is 18.2 Å². The Morgan fingerprint density at radius 2 is 1.53 bits per heavy atom. The van der Waals surface area contributed by atoms with E-state index in [-0.39, 0.29) is 5.56 Å². The van der Waals surface area contributed by atoms with Crippen molar-refractivity contribution in [2.24, 2.45) is 0 Å². The minimum atomic E-state index is -1.94. The number of aryl methyl sites for hydroxylation is 1. The van der Waals surface area contributed by atoms with Crippen molar-refractivity contribution in [2.45, 2.75) is 19.4 Å². The molecule has 0 bridgehead atoms. The molecule has 0 aliphatic rings. The number of benzene rings is 2. The van der Waals surface area contributed by atoms with Crippen LogP contribution in [0.3, 0.4) is 0 Å². The second-order valence-electron chi connectivity index (χ2n) is 4.63. The molecule has 0 saturated heterocycles. The highest BCUT2D eigenvalue weighted by atomic mass is 19.1. The summed E-state index contributed by atoms with van der Waals surface area (Å²) in [4.78, 5) is 0. The van der Waals surface area contributed by atoms with Crippen molar-refractivity contribution >= 4 is 0 Å². The van der Waals surface area contributed by atoms with E-state index in [9.17, 15) is 18.3 Å². The maximum Gasteiger partial charge on any atom is 0.132 e. The molecule has 1 atom stereocenters. The van der Waals surface area contributed by atoms with Crippen LogP contribution in [-0.4, -0.2) is 5.11 Å². The molecule has 1 nitrogen and oxygen atoms in total. The average molecular weight is 266 g/mol. The molecular formula is C15H13F3O. The van der Waals surface area contributed by atoms with Crippen LogP contribution in [0.2, 0.25) is 0 Å². The Bertz CT molecular complexity index is 601. The van der Waals surface area contributed by atoms with Crippen molar-refractivity contribution in [3.8, 4) is 0 Å². The monoisotopic (exact) mass is 266 g/mol. The van der Waals surface area contributed by atoms with Gasteiger partial charge in [0.25, 0.3) is 0 Å². The van der Waals surface area contributed by atoms with Crippen LogP contribution in [0.4, 0.5) is 13.2 Å². The molecule has 2 aromatic carbocycles. The van der Waals surface area contributed by atoms with Gasteiger partial charge < -0.3 is 5.11 Å². The lowest BCUT2D eigenvalue weighted by Gasteiger charge is -2.25. The maximum atomic E-state index is 13.7. The largest absolute Gasteiger partial charge is 0.380 e.